The van der Waals surface area contributed by atoms with Crippen molar-refractivity contribution in [2.45, 2.75) is 51.1 Å². The molecule has 2 N–H and O–H groups in total. The van der Waals surface area contributed by atoms with Crippen molar-refractivity contribution in [1.29, 1.82) is 0 Å². The molecule has 0 bridgehead atoms. The Labute approximate surface area is 166 Å². The highest BCUT2D eigenvalue weighted by molar-refractivity contribution is 5.68. The van der Waals surface area contributed by atoms with E-state index in [9.17, 15) is 9.70 Å². The Morgan fingerprint density at radius 1 is 1.14 bits per heavy atom. The van der Waals surface area contributed by atoms with Gasteiger partial charge in [0, 0.05) is 38.3 Å². The summed E-state index contributed by atoms with van der Waals surface area (Å²) in [4.78, 5) is 27.1. The first kappa shape index (κ1) is 20.4. The van der Waals surface area contributed by atoms with E-state index in [1.165, 1.54) is 0 Å². The van der Waals surface area contributed by atoms with Gasteiger partial charge in [-0.3, -0.25) is 4.90 Å². The Morgan fingerprint density at radius 3 is 2.61 bits per heavy atom. The zero-order valence-corrected chi connectivity index (χ0v) is 16.6. The van der Waals surface area contributed by atoms with Crippen LogP contribution in [0, 0.1) is 4.91 Å². The van der Waals surface area contributed by atoms with Crippen LogP contribution in [0.25, 0.3) is 0 Å². The lowest BCUT2D eigenvalue weighted by atomic mass is 10.0. The van der Waals surface area contributed by atoms with E-state index in [0.717, 1.165) is 64.0 Å². The van der Waals surface area contributed by atoms with Crippen LogP contribution < -0.4 is 10.7 Å². The van der Waals surface area contributed by atoms with Crippen molar-refractivity contribution in [2.24, 2.45) is 5.29 Å². The number of hydrogen-bond donors (Lipinski definition) is 2. The topological polar surface area (TPSA) is 86.3 Å². The number of likely N-dealkylation sites (tertiary alicyclic amines) is 2. The van der Waals surface area contributed by atoms with Gasteiger partial charge >= 0.3 is 6.09 Å². The van der Waals surface area contributed by atoms with Crippen molar-refractivity contribution >= 4 is 17.5 Å². The Bertz CT molecular complexity index is 648. The lowest BCUT2D eigenvalue weighted by molar-refractivity contribution is 0.0854. The van der Waals surface area contributed by atoms with E-state index >= 15 is 0 Å². The molecule has 154 valence electrons. The molecule has 2 fully saturated rings. The fraction of sp³-hybridized carbons (Fsp3) is 0.650. The van der Waals surface area contributed by atoms with E-state index in [4.69, 9.17) is 4.74 Å². The fourth-order valence-electron chi connectivity index (χ4n) is 4.18. The molecule has 1 unspecified atom stereocenters. The number of ether oxygens (including phenoxy) is 1. The Balaban J connectivity index is 1.53. The van der Waals surface area contributed by atoms with Crippen LogP contribution in [-0.2, 0) is 4.74 Å². The third-order valence-electron chi connectivity index (χ3n) is 5.67. The van der Waals surface area contributed by atoms with Gasteiger partial charge < -0.3 is 15.0 Å². The number of rotatable bonds is 6. The molecular formula is C20H31N5O3. The van der Waals surface area contributed by atoms with Crippen LogP contribution in [0.3, 0.4) is 0 Å². The number of carbonyl (C=O) groups excluding carboxylic acids is 1. The Hall–Kier alpha value is -2.35. The van der Waals surface area contributed by atoms with E-state index in [1.807, 2.05) is 36.1 Å². The minimum atomic E-state index is -0.182. The summed E-state index contributed by atoms with van der Waals surface area (Å²) in [7, 11) is 0. The van der Waals surface area contributed by atoms with Gasteiger partial charge in [0.25, 0.3) is 0 Å². The van der Waals surface area contributed by atoms with Crippen molar-refractivity contribution in [3.63, 3.8) is 0 Å². The molecule has 2 heterocycles. The van der Waals surface area contributed by atoms with Gasteiger partial charge in [0.1, 0.15) is 0 Å². The summed E-state index contributed by atoms with van der Waals surface area (Å²) in [5, 5.41) is 6.33. The maximum atomic E-state index is 12.2. The van der Waals surface area contributed by atoms with Gasteiger partial charge in [-0.1, -0.05) is 18.6 Å². The first-order valence-corrected chi connectivity index (χ1v) is 10.3. The number of para-hydroxylation sites is 2. The highest BCUT2D eigenvalue weighted by atomic mass is 16.6. The van der Waals surface area contributed by atoms with Gasteiger partial charge in [-0.05, 0) is 44.7 Å². The highest BCUT2D eigenvalue weighted by Crippen LogP contribution is 2.26. The second kappa shape index (κ2) is 10.3. The second-order valence-corrected chi connectivity index (χ2v) is 7.50. The van der Waals surface area contributed by atoms with Crippen LogP contribution in [0.2, 0.25) is 0 Å². The van der Waals surface area contributed by atoms with Gasteiger partial charge in [0.2, 0.25) is 0 Å². The van der Waals surface area contributed by atoms with Gasteiger partial charge in [0.05, 0.1) is 23.3 Å². The third-order valence-corrected chi connectivity index (χ3v) is 5.67. The smallest absolute Gasteiger partial charge is 0.409 e. The summed E-state index contributed by atoms with van der Waals surface area (Å²) in [6.07, 6.45) is 5.20. The summed E-state index contributed by atoms with van der Waals surface area (Å²) in [5.41, 5.74) is 4.11. The molecule has 2 aliphatic rings. The Kier molecular flexibility index (Phi) is 7.47. The molecule has 3 rings (SSSR count). The van der Waals surface area contributed by atoms with Crippen LogP contribution in [0.4, 0.5) is 16.2 Å². The lowest BCUT2D eigenvalue weighted by Crippen LogP contribution is -2.49. The van der Waals surface area contributed by atoms with Crippen molar-refractivity contribution in [3.05, 3.63) is 29.2 Å². The monoisotopic (exact) mass is 389 g/mol. The van der Waals surface area contributed by atoms with Gasteiger partial charge in [-0.2, -0.15) is 0 Å². The van der Waals surface area contributed by atoms with E-state index in [0.29, 0.717) is 24.4 Å². The number of amides is 1. The molecule has 0 aliphatic carbocycles. The second-order valence-electron chi connectivity index (χ2n) is 7.50. The van der Waals surface area contributed by atoms with Crippen LogP contribution in [-0.4, -0.2) is 60.8 Å². The molecule has 0 aromatic heterocycles. The molecule has 2 aliphatic heterocycles. The largest absolute Gasteiger partial charge is 0.450 e. The number of nitrogens with one attached hydrogen (secondary N) is 2. The Morgan fingerprint density at radius 2 is 1.89 bits per heavy atom. The quantitative estimate of drug-likeness (QED) is 0.570. The van der Waals surface area contributed by atoms with Crippen LogP contribution in [0.5, 0.6) is 0 Å². The SMILES string of the molecule is CCOC(=O)N1CCCCC(N2CCC(Nc3ccccc3NN=O)CC2)C1. The molecule has 0 spiro atoms. The average Bonchev–Trinajstić information content (AvgIpc) is 2.97. The summed E-state index contributed by atoms with van der Waals surface area (Å²) in [6.45, 7) is 5.83. The first-order valence-electron chi connectivity index (χ1n) is 10.3. The maximum absolute atomic E-state index is 12.2. The molecule has 1 aromatic carbocycles. The predicted octanol–water partition coefficient (Wildman–Crippen LogP) is 3.67. The molecule has 8 nitrogen and oxygen atoms in total. The normalized spacial score (nSPS) is 21.6. The highest BCUT2D eigenvalue weighted by Gasteiger charge is 2.30. The number of anilines is 2. The minimum absolute atomic E-state index is 0.182. The van der Waals surface area contributed by atoms with Crippen LogP contribution in [0.15, 0.2) is 29.6 Å². The van der Waals surface area contributed by atoms with Crippen molar-refractivity contribution in [1.82, 2.24) is 9.80 Å². The van der Waals surface area contributed by atoms with Crippen molar-refractivity contribution < 1.29 is 9.53 Å². The number of carbonyl (C=O) groups is 1. The molecule has 28 heavy (non-hydrogen) atoms. The number of benzene rings is 1. The summed E-state index contributed by atoms with van der Waals surface area (Å²) < 4.78 is 5.21. The van der Waals surface area contributed by atoms with E-state index in [1.54, 1.807) is 0 Å². The third kappa shape index (κ3) is 5.34. The summed E-state index contributed by atoms with van der Waals surface area (Å²) in [6, 6.07) is 8.39. The van der Waals surface area contributed by atoms with Crippen molar-refractivity contribution in [2.75, 3.05) is 43.5 Å². The molecule has 1 amide bonds. The molecule has 8 heteroatoms. The number of piperidine rings is 1. The minimum Gasteiger partial charge on any atom is -0.450 e. The molecule has 1 aromatic rings. The van der Waals surface area contributed by atoms with Crippen LogP contribution in [0.1, 0.15) is 39.0 Å². The van der Waals surface area contributed by atoms with Gasteiger partial charge in [-0.25, -0.2) is 10.2 Å². The van der Waals surface area contributed by atoms with E-state index < -0.39 is 0 Å². The summed E-state index contributed by atoms with van der Waals surface area (Å²) in [5.74, 6) is 0. The average molecular weight is 390 g/mol. The zero-order valence-electron chi connectivity index (χ0n) is 16.6. The molecule has 1 atom stereocenters. The fourth-order valence-corrected chi connectivity index (χ4v) is 4.18. The maximum Gasteiger partial charge on any atom is 0.409 e. The van der Waals surface area contributed by atoms with Gasteiger partial charge in [-0.15, -0.1) is 4.91 Å². The predicted molar refractivity (Wildman–Crippen MR) is 110 cm³/mol. The number of nitroso groups, excluding NO2 is 1. The number of hydrogen-bond acceptors (Lipinski definition) is 6. The van der Waals surface area contributed by atoms with E-state index in [2.05, 4.69) is 20.9 Å². The van der Waals surface area contributed by atoms with E-state index in [-0.39, 0.29) is 6.09 Å². The molecular weight excluding hydrogens is 358 g/mol. The molecule has 0 radical (unpaired) electrons. The first-order chi connectivity index (χ1) is 13.7. The zero-order chi connectivity index (χ0) is 19.8. The van der Waals surface area contributed by atoms with Gasteiger partial charge in [0.15, 0.2) is 0 Å². The summed E-state index contributed by atoms with van der Waals surface area (Å²) >= 11 is 0. The standard InChI is InChI=1S/C20H31N5O3/c1-2-28-20(26)25-12-6-5-7-17(15-25)24-13-10-16(11-14-24)21-18-8-3-4-9-19(18)22-23-27/h3-4,8-9,16-17,21H,2,5-7,10-15H2,1H3,(H,22,27). The molecule has 0 saturated carbocycles. The van der Waals surface area contributed by atoms with Crippen LogP contribution >= 0.6 is 0 Å². The lowest BCUT2D eigenvalue weighted by Gasteiger charge is -2.39. The molecule has 2 saturated heterocycles. The number of nitrogens with zero attached hydrogens (tertiary/aromatic N) is 3. The van der Waals surface area contributed by atoms with Crippen molar-refractivity contribution in [3.8, 4) is 0 Å².